The zero-order valence-corrected chi connectivity index (χ0v) is 26.8. The van der Waals surface area contributed by atoms with Crippen molar-refractivity contribution in [3.63, 3.8) is 0 Å². The highest BCUT2D eigenvalue weighted by atomic mass is 16.6. The number of ether oxygens (including phenoxy) is 9. The Kier molecular flexibility index (Phi) is 14.7. The smallest absolute Gasteiger partial charge is 0.119 e. The van der Waals surface area contributed by atoms with Crippen LogP contribution in [0.2, 0.25) is 0 Å². The van der Waals surface area contributed by atoms with Gasteiger partial charge in [-0.1, -0.05) is 48.5 Å². The Morgan fingerprint density at radius 1 is 0.213 bits per heavy atom. The Labute approximate surface area is 277 Å². The van der Waals surface area contributed by atoms with E-state index < -0.39 is 0 Å². The molecule has 250 valence electrons. The topological polar surface area (TPSA) is 83.1 Å². The van der Waals surface area contributed by atoms with Gasteiger partial charge in [-0.05, 0) is 70.8 Å². The van der Waals surface area contributed by atoms with Crippen molar-refractivity contribution in [1.29, 1.82) is 0 Å². The molecule has 8 heterocycles. The molecule has 4 aromatic carbocycles. The molecular formula is C38H44O9. The second kappa shape index (κ2) is 20.2. The summed E-state index contributed by atoms with van der Waals surface area (Å²) in [5.41, 5.74) is 4.41. The molecule has 9 nitrogen and oxygen atoms in total. The third-order valence-electron chi connectivity index (χ3n) is 7.19. The maximum atomic E-state index is 5.82. The molecule has 0 radical (unpaired) electrons. The lowest BCUT2D eigenvalue weighted by Crippen LogP contribution is -2.14. The van der Waals surface area contributed by atoms with E-state index in [1.54, 1.807) is 0 Å². The second-order valence-electron chi connectivity index (χ2n) is 10.6. The van der Waals surface area contributed by atoms with Crippen LogP contribution in [0.4, 0.5) is 0 Å². The molecule has 8 bridgehead atoms. The summed E-state index contributed by atoms with van der Waals surface area (Å²) in [4.78, 5) is 0. The second-order valence-corrected chi connectivity index (χ2v) is 10.6. The molecule has 0 amide bonds. The molecule has 4 aromatic rings. The molecule has 0 spiro atoms. The fraction of sp³-hybridized carbons (Fsp3) is 0.368. The van der Waals surface area contributed by atoms with Crippen molar-refractivity contribution in [1.82, 2.24) is 0 Å². The summed E-state index contributed by atoms with van der Waals surface area (Å²) in [6.07, 6.45) is 0. The fourth-order valence-corrected chi connectivity index (χ4v) is 4.71. The first-order valence-corrected chi connectivity index (χ1v) is 16.1. The molecule has 0 fully saturated rings. The summed E-state index contributed by atoms with van der Waals surface area (Å²) >= 11 is 0. The third kappa shape index (κ3) is 12.5. The maximum Gasteiger partial charge on any atom is 0.119 e. The predicted octanol–water partition coefficient (Wildman–Crippen LogP) is 6.33. The maximum absolute atomic E-state index is 5.82. The van der Waals surface area contributed by atoms with Gasteiger partial charge in [0, 0.05) is 0 Å². The molecule has 0 N–H and O–H groups in total. The fourth-order valence-electron chi connectivity index (χ4n) is 4.71. The molecule has 8 aliphatic rings. The van der Waals surface area contributed by atoms with Gasteiger partial charge in [-0.2, -0.15) is 0 Å². The molecule has 0 unspecified atom stereocenters. The third-order valence-corrected chi connectivity index (χ3v) is 7.19. The standard InChI is InChI=1S/C38H44O9/c1-9-35-10-2-31(1)33-5-13-37(14-6-33)46-29-25-42-21-22-43-26-30-47-38-15-7-34(8-16-38)32-3-11-36(12-4-32)45-28-24-41-20-18-39-17-19-40-23-27-44-35/h1-16H,17-30H2. The molecule has 0 saturated carbocycles. The quantitative estimate of drug-likeness (QED) is 0.218. The van der Waals surface area contributed by atoms with E-state index in [4.69, 9.17) is 42.6 Å². The van der Waals surface area contributed by atoms with Gasteiger partial charge >= 0.3 is 0 Å². The van der Waals surface area contributed by atoms with Crippen LogP contribution in [0.5, 0.6) is 23.0 Å². The molecule has 0 aromatic heterocycles. The van der Waals surface area contributed by atoms with E-state index in [1.807, 2.05) is 97.1 Å². The summed E-state index contributed by atoms with van der Waals surface area (Å²) in [5.74, 6) is 3.20. The Hall–Kier alpha value is -4.12. The van der Waals surface area contributed by atoms with E-state index in [9.17, 15) is 0 Å². The molecule has 0 aliphatic carbocycles. The first kappa shape index (κ1) is 34.2. The highest BCUT2D eigenvalue weighted by Crippen LogP contribution is 2.26. The van der Waals surface area contributed by atoms with Gasteiger partial charge in [0.15, 0.2) is 0 Å². The summed E-state index contributed by atoms with van der Waals surface area (Å²) in [7, 11) is 0. The summed E-state index contributed by atoms with van der Waals surface area (Å²) in [6, 6.07) is 32.1. The van der Waals surface area contributed by atoms with Gasteiger partial charge in [0.25, 0.3) is 0 Å². The Morgan fingerprint density at radius 2 is 0.383 bits per heavy atom. The molecule has 47 heavy (non-hydrogen) atoms. The normalized spacial score (nSPS) is 16.9. The van der Waals surface area contributed by atoms with E-state index in [2.05, 4.69) is 0 Å². The highest BCUT2D eigenvalue weighted by Gasteiger charge is 2.03. The predicted molar refractivity (Wildman–Crippen MR) is 180 cm³/mol. The lowest BCUT2D eigenvalue weighted by molar-refractivity contribution is 0.00499. The number of benzene rings is 4. The van der Waals surface area contributed by atoms with Gasteiger partial charge in [-0.3, -0.25) is 0 Å². The minimum Gasteiger partial charge on any atom is -0.491 e. The SMILES string of the molecule is c1cc2ccc1OCCOCCOCCOCCOc1ccc(cc1)-c1ccc(cc1)OCCOCCOCCOc1ccc-2cc1. The summed E-state index contributed by atoms with van der Waals surface area (Å²) in [6.45, 7) is 6.82. The van der Waals surface area contributed by atoms with E-state index >= 15 is 0 Å². The zero-order valence-electron chi connectivity index (χ0n) is 26.8. The van der Waals surface area contributed by atoms with Gasteiger partial charge in [0.05, 0.1) is 66.1 Å². The lowest BCUT2D eigenvalue weighted by atomic mass is 10.1. The van der Waals surface area contributed by atoms with E-state index in [1.165, 1.54) is 0 Å². The molecule has 0 atom stereocenters. The van der Waals surface area contributed by atoms with Crippen molar-refractivity contribution in [2.75, 3.05) is 92.5 Å². The highest BCUT2D eigenvalue weighted by molar-refractivity contribution is 5.65. The van der Waals surface area contributed by atoms with E-state index in [0.29, 0.717) is 92.5 Å². The van der Waals surface area contributed by atoms with Gasteiger partial charge in [0.1, 0.15) is 49.4 Å². The van der Waals surface area contributed by atoms with Crippen LogP contribution in [0.25, 0.3) is 22.3 Å². The average molecular weight is 645 g/mol. The minimum absolute atomic E-state index is 0.466. The van der Waals surface area contributed by atoms with Crippen LogP contribution < -0.4 is 18.9 Å². The summed E-state index contributed by atoms with van der Waals surface area (Å²) < 4.78 is 51.3. The Morgan fingerprint density at radius 3 is 0.574 bits per heavy atom. The number of rotatable bonds is 0. The van der Waals surface area contributed by atoms with Crippen molar-refractivity contribution >= 4 is 0 Å². The van der Waals surface area contributed by atoms with Gasteiger partial charge < -0.3 is 42.6 Å². The first-order valence-electron chi connectivity index (χ1n) is 16.1. The van der Waals surface area contributed by atoms with Crippen LogP contribution in [0, 0.1) is 0 Å². The number of hydrogen-bond donors (Lipinski definition) is 0. The van der Waals surface area contributed by atoms with Crippen LogP contribution in [-0.4, -0.2) is 92.5 Å². The Bertz CT molecular complexity index is 1280. The zero-order chi connectivity index (χ0) is 32.2. The van der Waals surface area contributed by atoms with Gasteiger partial charge in [0.2, 0.25) is 0 Å². The molecule has 8 aliphatic heterocycles. The van der Waals surface area contributed by atoms with Crippen molar-refractivity contribution in [3.05, 3.63) is 97.1 Å². The van der Waals surface area contributed by atoms with E-state index in [0.717, 1.165) is 45.3 Å². The lowest BCUT2D eigenvalue weighted by Gasteiger charge is -2.10. The minimum atomic E-state index is 0.466. The van der Waals surface area contributed by atoms with Crippen molar-refractivity contribution in [2.45, 2.75) is 0 Å². The van der Waals surface area contributed by atoms with Crippen molar-refractivity contribution < 1.29 is 42.6 Å². The average Bonchev–Trinajstić information content (AvgIpc) is 3.12. The monoisotopic (exact) mass is 644 g/mol. The van der Waals surface area contributed by atoms with Gasteiger partial charge in [-0.25, -0.2) is 0 Å². The van der Waals surface area contributed by atoms with Crippen LogP contribution >= 0.6 is 0 Å². The summed E-state index contributed by atoms with van der Waals surface area (Å²) in [5, 5.41) is 0. The van der Waals surface area contributed by atoms with Crippen LogP contribution in [0.3, 0.4) is 0 Å². The molecular weight excluding hydrogens is 600 g/mol. The van der Waals surface area contributed by atoms with Crippen LogP contribution in [0.1, 0.15) is 0 Å². The molecule has 0 saturated heterocycles. The van der Waals surface area contributed by atoms with Gasteiger partial charge in [-0.15, -0.1) is 0 Å². The van der Waals surface area contributed by atoms with Crippen LogP contribution in [0.15, 0.2) is 97.1 Å². The Balaban J connectivity index is 1.06. The molecule has 12 rings (SSSR count). The first-order chi connectivity index (χ1) is 23.3. The van der Waals surface area contributed by atoms with Crippen molar-refractivity contribution in [2.24, 2.45) is 0 Å². The largest absolute Gasteiger partial charge is 0.491 e. The van der Waals surface area contributed by atoms with Crippen molar-refractivity contribution in [3.8, 4) is 45.3 Å². The van der Waals surface area contributed by atoms with E-state index in [-0.39, 0.29) is 0 Å². The number of hydrogen-bond acceptors (Lipinski definition) is 9. The molecule has 9 heteroatoms. The van der Waals surface area contributed by atoms with Crippen LogP contribution in [-0.2, 0) is 23.7 Å².